The summed E-state index contributed by atoms with van der Waals surface area (Å²) in [6.45, 7) is 6.23. The largest absolute Gasteiger partial charge is 0.493 e. The number of methoxy groups -OCH3 is 1. The van der Waals surface area contributed by atoms with Gasteiger partial charge in [-0.25, -0.2) is 4.98 Å². The van der Waals surface area contributed by atoms with Gasteiger partial charge in [-0.05, 0) is 47.7 Å². The van der Waals surface area contributed by atoms with Crippen LogP contribution in [-0.2, 0) is 19.4 Å². The molecule has 0 fully saturated rings. The van der Waals surface area contributed by atoms with Gasteiger partial charge in [-0.1, -0.05) is 12.7 Å². The van der Waals surface area contributed by atoms with Crippen LogP contribution in [0.2, 0.25) is 0 Å². The third-order valence-electron chi connectivity index (χ3n) is 6.72. The van der Waals surface area contributed by atoms with Crippen LogP contribution in [0.4, 0.5) is 5.13 Å². The number of nitrogens with one attached hydrogen (secondary N) is 1. The van der Waals surface area contributed by atoms with Gasteiger partial charge in [0.15, 0.2) is 23.0 Å². The molecule has 1 aromatic heterocycles. The molecule has 1 unspecified atom stereocenters. The lowest BCUT2D eigenvalue weighted by molar-refractivity contribution is 0.156. The zero-order valence-corrected chi connectivity index (χ0v) is 20.3. The van der Waals surface area contributed by atoms with Gasteiger partial charge in [-0.15, -0.1) is 11.3 Å². The Balaban J connectivity index is 1.41. The number of fused-ring (bicyclic) bond motifs is 5. The second-order valence-corrected chi connectivity index (χ2v) is 9.50. The summed E-state index contributed by atoms with van der Waals surface area (Å²) in [5.74, 6) is 3.15. The molecule has 0 bridgehead atoms. The van der Waals surface area contributed by atoms with Gasteiger partial charge < -0.3 is 18.9 Å². The smallest absolute Gasteiger partial charge is 0.231 e. The number of hydrogen-bond acceptors (Lipinski definition) is 9. The normalized spacial score (nSPS) is 18.0. The Morgan fingerprint density at radius 2 is 2.17 bits per heavy atom. The predicted octanol–water partition coefficient (Wildman–Crippen LogP) is 4.55. The summed E-state index contributed by atoms with van der Waals surface area (Å²) >= 11 is 1.50. The van der Waals surface area contributed by atoms with E-state index in [1.807, 2.05) is 17.7 Å². The molecule has 0 spiro atoms. The third-order valence-corrected chi connectivity index (χ3v) is 7.40. The van der Waals surface area contributed by atoms with Crippen molar-refractivity contribution in [1.29, 1.82) is 0 Å². The topological polar surface area (TPSA) is 77.4 Å². The average Bonchev–Trinajstić information content (AvgIpc) is 3.57. The summed E-state index contributed by atoms with van der Waals surface area (Å²) in [4.78, 5) is 6.75. The third kappa shape index (κ3) is 4.00. The molecule has 35 heavy (non-hydrogen) atoms. The standard InChI is InChI=1S/C26H26N4O4S/c1-3-7-32-25-20-14-30-6-4-16-9-22-23(34-15-33-22)12-19(16)21(30)11-18(20)17(10-24(25)31-2)13-28-29-26-27-5-8-35-26/h3,5,8-10,12-13,21H,1,4,6-7,11,14-15H2,2H3,(H,27,29)/b28-13+. The van der Waals surface area contributed by atoms with Crippen molar-refractivity contribution in [3.8, 4) is 23.0 Å². The van der Waals surface area contributed by atoms with Crippen molar-refractivity contribution in [2.24, 2.45) is 5.10 Å². The number of thiazole rings is 1. The molecule has 0 radical (unpaired) electrons. The van der Waals surface area contributed by atoms with Crippen molar-refractivity contribution in [3.05, 3.63) is 70.2 Å². The van der Waals surface area contributed by atoms with Crippen molar-refractivity contribution in [2.75, 3.05) is 32.5 Å². The Labute approximate surface area is 207 Å². The average molecular weight is 491 g/mol. The van der Waals surface area contributed by atoms with E-state index < -0.39 is 0 Å². The molecule has 0 saturated heterocycles. The van der Waals surface area contributed by atoms with Crippen LogP contribution in [0.3, 0.4) is 0 Å². The number of hydrazone groups is 1. The molecular formula is C26H26N4O4S. The summed E-state index contributed by atoms with van der Waals surface area (Å²) in [6, 6.07) is 6.55. The molecule has 3 aliphatic heterocycles. The van der Waals surface area contributed by atoms with Crippen LogP contribution in [0.5, 0.6) is 23.0 Å². The lowest BCUT2D eigenvalue weighted by Crippen LogP contribution is -2.40. The maximum Gasteiger partial charge on any atom is 0.231 e. The quantitative estimate of drug-likeness (QED) is 0.296. The number of aromatic nitrogens is 1. The Hall–Kier alpha value is -3.56. The second kappa shape index (κ2) is 9.24. The first-order chi connectivity index (χ1) is 17.2. The van der Waals surface area contributed by atoms with E-state index >= 15 is 0 Å². The minimum absolute atomic E-state index is 0.237. The van der Waals surface area contributed by atoms with Crippen LogP contribution in [-0.4, -0.2) is 43.2 Å². The fourth-order valence-corrected chi connectivity index (χ4v) is 5.61. The van der Waals surface area contributed by atoms with E-state index in [2.05, 4.69) is 39.1 Å². The summed E-state index contributed by atoms with van der Waals surface area (Å²) in [5, 5.41) is 7.12. The highest BCUT2D eigenvalue weighted by Gasteiger charge is 2.36. The van der Waals surface area contributed by atoms with E-state index in [1.54, 1.807) is 19.4 Å². The molecule has 2 aromatic carbocycles. The van der Waals surface area contributed by atoms with Crippen molar-refractivity contribution in [2.45, 2.75) is 25.4 Å². The zero-order valence-electron chi connectivity index (χ0n) is 19.5. The van der Waals surface area contributed by atoms with Gasteiger partial charge in [-0.2, -0.15) is 5.10 Å². The first kappa shape index (κ1) is 21.9. The Kier molecular flexibility index (Phi) is 5.79. The van der Waals surface area contributed by atoms with Gasteiger partial charge in [0, 0.05) is 41.8 Å². The van der Waals surface area contributed by atoms with E-state index in [1.165, 1.54) is 28.0 Å². The number of anilines is 1. The molecule has 3 aliphatic rings. The van der Waals surface area contributed by atoms with E-state index in [9.17, 15) is 0 Å². The highest BCUT2D eigenvalue weighted by Crippen LogP contribution is 2.47. The molecule has 6 rings (SSSR count). The minimum atomic E-state index is 0.237. The highest BCUT2D eigenvalue weighted by molar-refractivity contribution is 7.13. The molecule has 0 saturated carbocycles. The fraction of sp³-hybridized carbons (Fsp3) is 0.308. The molecule has 180 valence electrons. The summed E-state index contributed by atoms with van der Waals surface area (Å²) in [5.41, 5.74) is 9.00. The monoisotopic (exact) mass is 490 g/mol. The van der Waals surface area contributed by atoms with Gasteiger partial charge >= 0.3 is 0 Å². The second-order valence-electron chi connectivity index (χ2n) is 8.61. The fourth-order valence-electron chi connectivity index (χ4n) is 5.13. The number of hydrogen-bond donors (Lipinski definition) is 1. The first-order valence-corrected chi connectivity index (χ1v) is 12.4. The van der Waals surface area contributed by atoms with E-state index in [4.69, 9.17) is 18.9 Å². The SMILES string of the molecule is C=CCOc1c(OC)cc(/C=N/Nc2nccs2)c2c1CN1CCc3cc4c(cc3C1C2)OCO4. The number of nitrogens with zero attached hydrogens (tertiary/aromatic N) is 3. The van der Waals surface area contributed by atoms with Gasteiger partial charge in [-0.3, -0.25) is 10.3 Å². The van der Waals surface area contributed by atoms with Crippen LogP contribution in [0.1, 0.15) is 33.9 Å². The van der Waals surface area contributed by atoms with Gasteiger partial charge in [0.1, 0.15) is 6.61 Å². The van der Waals surface area contributed by atoms with Gasteiger partial charge in [0.2, 0.25) is 11.9 Å². The summed E-state index contributed by atoms with van der Waals surface area (Å²) in [6.07, 6.45) is 7.15. The molecular weight excluding hydrogens is 464 g/mol. The maximum absolute atomic E-state index is 6.13. The Morgan fingerprint density at radius 1 is 1.29 bits per heavy atom. The molecule has 8 nitrogen and oxygen atoms in total. The van der Waals surface area contributed by atoms with Crippen molar-refractivity contribution >= 4 is 22.7 Å². The van der Waals surface area contributed by atoms with E-state index in [-0.39, 0.29) is 12.8 Å². The number of ether oxygens (including phenoxy) is 4. The van der Waals surface area contributed by atoms with Crippen LogP contribution < -0.4 is 24.4 Å². The molecule has 4 heterocycles. The van der Waals surface area contributed by atoms with Crippen molar-refractivity contribution in [1.82, 2.24) is 9.88 Å². The molecule has 0 aliphatic carbocycles. The molecule has 3 aromatic rings. The first-order valence-electron chi connectivity index (χ1n) is 11.6. The van der Waals surface area contributed by atoms with Crippen LogP contribution in [0, 0.1) is 0 Å². The Morgan fingerprint density at radius 3 is 2.97 bits per heavy atom. The predicted molar refractivity (Wildman–Crippen MR) is 135 cm³/mol. The van der Waals surface area contributed by atoms with Gasteiger partial charge in [0.25, 0.3) is 0 Å². The highest BCUT2D eigenvalue weighted by atomic mass is 32.1. The molecule has 1 N–H and O–H groups in total. The van der Waals surface area contributed by atoms with Crippen LogP contribution >= 0.6 is 11.3 Å². The Bertz CT molecular complexity index is 1290. The lowest BCUT2D eigenvalue weighted by atomic mass is 9.82. The lowest BCUT2D eigenvalue weighted by Gasteiger charge is -2.42. The molecule has 9 heteroatoms. The maximum atomic E-state index is 6.13. The molecule has 1 atom stereocenters. The van der Waals surface area contributed by atoms with E-state index in [0.29, 0.717) is 12.4 Å². The zero-order chi connectivity index (χ0) is 23.8. The summed E-state index contributed by atoms with van der Waals surface area (Å²) < 4.78 is 23.2. The van der Waals surface area contributed by atoms with E-state index in [0.717, 1.165) is 59.4 Å². The van der Waals surface area contributed by atoms with Gasteiger partial charge in [0.05, 0.1) is 13.3 Å². The summed E-state index contributed by atoms with van der Waals surface area (Å²) in [7, 11) is 1.67. The molecule has 0 amide bonds. The minimum Gasteiger partial charge on any atom is -0.493 e. The van der Waals surface area contributed by atoms with Crippen molar-refractivity contribution in [3.63, 3.8) is 0 Å². The van der Waals surface area contributed by atoms with Crippen LogP contribution in [0.25, 0.3) is 0 Å². The van der Waals surface area contributed by atoms with Crippen molar-refractivity contribution < 1.29 is 18.9 Å². The van der Waals surface area contributed by atoms with Crippen LogP contribution in [0.15, 0.2) is 47.5 Å². The number of rotatable bonds is 7. The number of benzene rings is 2.